The average molecular weight is 436 g/mol. The van der Waals surface area contributed by atoms with Crippen molar-refractivity contribution in [3.63, 3.8) is 0 Å². The molecular formula is C28H29N5. The van der Waals surface area contributed by atoms with Gasteiger partial charge >= 0.3 is 0 Å². The number of aromatic nitrogens is 2. The summed E-state index contributed by atoms with van der Waals surface area (Å²) in [5.74, 6) is 2.69. The molecule has 3 heterocycles. The number of hydrogen-bond acceptors (Lipinski definition) is 4. The summed E-state index contributed by atoms with van der Waals surface area (Å²) in [5, 5.41) is 4.53. The Morgan fingerprint density at radius 1 is 1.00 bits per heavy atom. The molecule has 0 atom stereocenters. The number of aryl methyl sites for hydroxylation is 2. The third kappa shape index (κ3) is 4.18. The summed E-state index contributed by atoms with van der Waals surface area (Å²) >= 11 is 0. The molecule has 0 unspecified atom stereocenters. The van der Waals surface area contributed by atoms with Gasteiger partial charge in [-0.15, -0.1) is 6.42 Å². The van der Waals surface area contributed by atoms with E-state index in [0.717, 1.165) is 59.7 Å². The number of piperazine rings is 1. The van der Waals surface area contributed by atoms with E-state index in [9.17, 15) is 0 Å². The molecule has 0 amide bonds. The molecule has 0 aliphatic carbocycles. The van der Waals surface area contributed by atoms with Crippen LogP contribution in [-0.2, 0) is 0 Å². The maximum atomic E-state index is 5.56. The number of terminal acetylenes is 1. The van der Waals surface area contributed by atoms with E-state index in [2.05, 4.69) is 70.1 Å². The van der Waals surface area contributed by atoms with Crippen LogP contribution in [0.3, 0.4) is 0 Å². The van der Waals surface area contributed by atoms with E-state index in [0.29, 0.717) is 0 Å². The third-order valence-electron chi connectivity index (χ3n) is 6.48. The number of likely N-dealkylation sites (N-methyl/N-ethyl adjacent to an activating group) is 1. The first-order chi connectivity index (χ1) is 16.0. The molecule has 0 bridgehead atoms. The lowest BCUT2D eigenvalue weighted by Gasteiger charge is -2.36. The van der Waals surface area contributed by atoms with E-state index in [4.69, 9.17) is 6.42 Å². The molecule has 5 heteroatoms. The van der Waals surface area contributed by atoms with Crippen LogP contribution >= 0.6 is 0 Å². The highest BCUT2D eigenvalue weighted by Gasteiger charge is 2.19. The molecule has 1 saturated heterocycles. The highest BCUT2D eigenvalue weighted by atomic mass is 15.2. The number of pyridine rings is 1. The van der Waals surface area contributed by atoms with Crippen molar-refractivity contribution in [2.75, 3.05) is 43.4 Å². The lowest BCUT2D eigenvalue weighted by atomic mass is 9.98. The monoisotopic (exact) mass is 435 g/mol. The number of aromatic amines is 1. The fourth-order valence-electron chi connectivity index (χ4n) is 4.76. The molecule has 1 aliphatic rings. The van der Waals surface area contributed by atoms with Gasteiger partial charge in [-0.25, -0.2) is 4.98 Å². The average Bonchev–Trinajstić information content (AvgIpc) is 3.22. The van der Waals surface area contributed by atoms with E-state index in [1.165, 1.54) is 22.4 Å². The van der Waals surface area contributed by atoms with E-state index in [1.54, 1.807) is 0 Å². The van der Waals surface area contributed by atoms with Gasteiger partial charge in [0.25, 0.3) is 0 Å². The Balaban J connectivity index is 1.47. The standard InChI is InChI=1S/C28H29N5/c1-5-21-7-6-8-24(15-21)31-26-18-30-28-25(26)16-23(17-29-28)22-13-19(2)27(20(3)14-22)33-11-9-32(4)10-12-33/h1,6-8,13-18,31H,9-12H2,2-4H3,(H,29,30). The minimum Gasteiger partial charge on any atom is -0.369 e. The summed E-state index contributed by atoms with van der Waals surface area (Å²) in [5.41, 5.74) is 9.95. The number of benzene rings is 2. The van der Waals surface area contributed by atoms with Gasteiger partial charge in [0.15, 0.2) is 0 Å². The molecule has 4 aromatic rings. The Kier molecular flexibility index (Phi) is 5.53. The second-order valence-corrected chi connectivity index (χ2v) is 8.92. The predicted octanol–water partition coefficient (Wildman–Crippen LogP) is 5.32. The largest absolute Gasteiger partial charge is 0.369 e. The number of fused-ring (bicyclic) bond motifs is 1. The maximum absolute atomic E-state index is 5.56. The van der Waals surface area contributed by atoms with E-state index < -0.39 is 0 Å². The second-order valence-electron chi connectivity index (χ2n) is 8.92. The summed E-state index contributed by atoms with van der Waals surface area (Å²) in [7, 11) is 2.19. The summed E-state index contributed by atoms with van der Waals surface area (Å²) in [6, 6.07) is 14.7. The van der Waals surface area contributed by atoms with Crippen LogP contribution in [0.25, 0.3) is 22.2 Å². The summed E-state index contributed by atoms with van der Waals surface area (Å²) in [6.45, 7) is 8.80. The van der Waals surface area contributed by atoms with Gasteiger partial charge in [-0.1, -0.05) is 12.0 Å². The summed E-state index contributed by atoms with van der Waals surface area (Å²) < 4.78 is 0. The molecule has 0 saturated carbocycles. The highest BCUT2D eigenvalue weighted by molar-refractivity contribution is 5.94. The predicted molar refractivity (Wildman–Crippen MR) is 138 cm³/mol. The molecule has 33 heavy (non-hydrogen) atoms. The molecule has 5 rings (SSSR count). The molecule has 1 fully saturated rings. The van der Waals surface area contributed by atoms with Gasteiger partial charge in [0.2, 0.25) is 0 Å². The van der Waals surface area contributed by atoms with Gasteiger partial charge in [0.05, 0.1) is 5.69 Å². The fourth-order valence-corrected chi connectivity index (χ4v) is 4.76. The smallest absolute Gasteiger partial charge is 0.139 e. The Labute approximate surface area is 195 Å². The maximum Gasteiger partial charge on any atom is 0.139 e. The molecule has 0 radical (unpaired) electrons. The second kappa shape index (κ2) is 8.65. The van der Waals surface area contributed by atoms with Gasteiger partial charge in [-0.3, -0.25) is 0 Å². The van der Waals surface area contributed by atoms with Crippen LogP contribution < -0.4 is 10.2 Å². The van der Waals surface area contributed by atoms with Crippen molar-refractivity contribution in [2.45, 2.75) is 13.8 Å². The van der Waals surface area contributed by atoms with Crippen molar-refractivity contribution < 1.29 is 0 Å². The van der Waals surface area contributed by atoms with Crippen molar-refractivity contribution in [1.29, 1.82) is 0 Å². The fraction of sp³-hybridized carbons (Fsp3) is 0.250. The Morgan fingerprint density at radius 2 is 1.76 bits per heavy atom. The van der Waals surface area contributed by atoms with Gasteiger partial charge in [0.1, 0.15) is 5.65 Å². The van der Waals surface area contributed by atoms with E-state index in [-0.39, 0.29) is 0 Å². The topological polar surface area (TPSA) is 47.2 Å². The molecular weight excluding hydrogens is 406 g/mol. The minimum atomic E-state index is 0.852. The normalized spacial score (nSPS) is 14.4. The number of anilines is 3. The number of H-pyrrole nitrogens is 1. The zero-order valence-corrected chi connectivity index (χ0v) is 19.4. The third-order valence-corrected chi connectivity index (χ3v) is 6.48. The van der Waals surface area contributed by atoms with Gasteiger partial charge < -0.3 is 20.1 Å². The molecule has 0 spiro atoms. The van der Waals surface area contributed by atoms with Crippen LogP contribution in [0.5, 0.6) is 0 Å². The molecule has 2 aromatic carbocycles. The van der Waals surface area contributed by atoms with Gasteiger partial charge in [-0.2, -0.15) is 0 Å². The quantitative estimate of drug-likeness (QED) is 0.426. The molecule has 1 aliphatic heterocycles. The van der Waals surface area contributed by atoms with Crippen LogP contribution in [0, 0.1) is 26.2 Å². The van der Waals surface area contributed by atoms with Crippen molar-refractivity contribution >= 4 is 28.1 Å². The van der Waals surface area contributed by atoms with Crippen LogP contribution in [0.15, 0.2) is 54.9 Å². The minimum absolute atomic E-state index is 0.852. The first kappa shape index (κ1) is 21.1. The first-order valence-electron chi connectivity index (χ1n) is 11.4. The van der Waals surface area contributed by atoms with Crippen molar-refractivity contribution in [1.82, 2.24) is 14.9 Å². The van der Waals surface area contributed by atoms with Gasteiger partial charge in [-0.05, 0) is 74.0 Å². The van der Waals surface area contributed by atoms with Gasteiger partial charge in [0, 0.05) is 66.5 Å². The van der Waals surface area contributed by atoms with Crippen molar-refractivity contribution in [3.8, 4) is 23.5 Å². The van der Waals surface area contributed by atoms with E-state index >= 15 is 0 Å². The van der Waals surface area contributed by atoms with Crippen LogP contribution in [0.2, 0.25) is 0 Å². The highest BCUT2D eigenvalue weighted by Crippen LogP contribution is 2.34. The van der Waals surface area contributed by atoms with Crippen molar-refractivity contribution in [3.05, 3.63) is 71.5 Å². The molecule has 166 valence electrons. The van der Waals surface area contributed by atoms with Crippen LogP contribution in [0.4, 0.5) is 17.1 Å². The number of rotatable bonds is 4. The zero-order chi connectivity index (χ0) is 22.9. The molecule has 2 aromatic heterocycles. The number of hydrogen-bond donors (Lipinski definition) is 2. The molecule has 5 nitrogen and oxygen atoms in total. The zero-order valence-electron chi connectivity index (χ0n) is 19.4. The SMILES string of the molecule is C#Cc1cccc(Nc2c[nH]c3ncc(-c4cc(C)c(N5CCN(C)CC5)c(C)c4)cc23)c1. The molecule has 2 N–H and O–H groups in total. The Bertz CT molecular complexity index is 1330. The van der Waals surface area contributed by atoms with Crippen molar-refractivity contribution in [2.24, 2.45) is 0 Å². The van der Waals surface area contributed by atoms with Crippen LogP contribution in [-0.4, -0.2) is 48.1 Å². The van der Waals surface area contributed by atoms with Crippen LogP contribution in [0.1, 0.15) is 16.7 Å². The Morgan fingerprint density at radius 3 is 2.48 bits per heavy atom. The summed E-state index contributed by atoms with van der Waals surface area (Å²) in [4.78, 5) is 12.9. The first-order valence-corrected chi connectivity index (χ1v) is 11.4. The summed E-state index contributed by atoms with van der Waals surface area (Å²) in [6.07, 6.45) is 9.46. The number of nitrogens with one attached hydrogen (secondary N) is 2. The lowest BCUT2D eigenvalue weighted by molar-refractivity contribution is 0.312. The van der Waals surface area contributed by atoms with E-state index in [1.807, 2.05) is 36.7 Å². The Hall–Kier alpha value is -3.75. The number of nitrogens with zero attached hydrogens (tertiary/aromatic N) is 3. The lowest BCUT2D eigenvalue weighted by Crippen LogP contribution is -2.45.